The second-order valence-electron chi connectivity index (χ2n) is 4.82. The summed E-state index contributed by atoms with van der Waals surface area (Å²) in [5, 5.41) is 3.71. The quantitative estimate of drug-likeness (QED) is 0.897. The molecule has 0 spiro atoms. The summed E-state index contributed by atoms with van der Waals surface area (Å²) < 4.78 is 6.06. The van der Waals surface area contributed by atoms with Crippen molar-refractivity contribution in [3.63, 3.8) is 0 Å². The summed E-state index contributed by atoms with van der Waals surface area (Å²) >= 11 is 3.68. The van der Waals surface area contributed by atoms with E-state index in [2.05, 4.69) is 39.3 Å². The summed E-state index contributed by atoms with van der Waals surface area (Å²) in [5.74, 6) is 1.07. The number of nitrogens with two attached hydrogens (primary N) is 1. The number of halogens is 1. The first-order chi connectivity index (χ1) is 8.75. The Morgan fingerprint density at radius 2 is 2.06 bits per heavy atom. The van der Waals surface area contributed by atoms with Gasteiger partial charge in [0.2, 0.25) is 5.88 Å². The van der Waals surface area contributed by atoms with Gasteiger partial charge in [0, 0.05) is 4.47 Å². The molecule has 3 nitrogen and oxygen atoms in total. The Balaban J connectivity index is 1.96. The number of hydrogen-bond donors (Lipinski definition) is 1. The van der Waals surface area contributed by atoms with Crippen LogP contribution in [0.25, 0.3) is 11.1 Å². The van der Waals surface area contributed by atoms with E-state index < -0.39 is 0 Å². The van der Waals surface area contributed by atoms with Crippen molar-refractivity contribution < 1.29 is 4.52 Å². The van der Waals surface area contributed by atoms with Gasteiger partial charge >= 0.3 is 0 Å². The first-order valence-electron chi connectivity index (χ1n) is 6.25. The molecule has 1 fully saturated rings. The van der Waals surface area contributed by atoms with Crippen molar-refractivity contribution in [2.24, 2.45) is 0 Å². The van der Waals surface area contributed by atoms with E-state index in [1.165, 1.54) is 31.2 Å². The van der Waals surface area contributed by atoms with Crippen molar-refractivity contribution in [2.45, 2.75) is 31.6 Å². The van der Waals surface area contributed by atoms with Crippen LogP contribution in [0.3, 0.4) is 0 Å². The summed E-state index contributed by atoms with van der Waals surface area (Å²) in [4.78, 5) is 0. The summed E-state index contributed by atoms with van der Waals surface area (Å²) in [7, 11) is 0. The molecule has 1 heterocycles. The minimum atomic E-state index is 0.371. The van der Waals surface area contributed by atoms with Crippen LogP contribution in [-0.4, -0.2) is 5.16 Å². The molecule has 0 radical (unpaired) electrons. The monoisotopic (exact) mass is 306 g/mol. The first-order valence-corrected chi connectivity index (χ1v) is 7.05. The summed E-state index contributed by atoms with van der Waals surface area (Å²) in [6.45, 7) is 0. The molecule has 0 saturated heterocycles. The lowest BCUT2D eigenvalue weighted by Crippen LogP contribution is -1.94. The molecule has 1 saturated carbocycles. The van der Waals surface area contributed by atoms with Crippen molar-refractivity contribution in [1.82, 2.24) is 5.16 Å². The predicted octanol–water partition coefficient (Wildman–Crippen LogP) is 4.34. The molecule has 0 unspecified atom stereocenters. The fraction of sp³-hybridized carbons (Fsp3) is 0.357. The highest BCUT2D eigenvalue weighted by molar-refractivity contribution is 9.10. The van der Waals surface area contributed by atoms with E-state index in [9.17, 15) is 0 Å². The van der Waals surface area contributed by atoms with Crippen molar-refractivity contribution in [3.05, 3.63) is 34.4 Å². The third kappa shape index (κ3) is 2.05. The van der Waals surface area contributed by atoms with E-state index >= 15 is 0 Å². The van der Waals surface area contributed by atoms with Gasteiger partial charge in [-0.1, -0.05) is 46.1 Å². The van der Waals surface area contributed by atoms with Crippen LogP contribution in [0.4, 0.5) is 5.88 Å². The molecule has 0 aliphatic heterocycles. The lowest BCUT2D eigenvalue weighted by molar-refractivity contribution is 0.436. The van der Waals surface area contributed by atoms with Gasteiger partial charge in [-0.3, -0.25) is 0 Å². The molecule has 1 aliphatic rings. The molecule has 0 amide bonds. The highest BCUT2D eigenvalue weighted by Crippen LogP contribution is 2.39. The van der Waals surface area contributed by atoms with Crippen LogP contribution in [0.5, 0.6) is 0 Å². The normalized spacial score (nSPS) is 16.3. The van der Waals surface area contributed by atoms with Crippen LogP contribution >= 0.6 is 15.9 Å². The highest BCUT2D eigenvalue weighted by Gasteiger charge is 2.19. The molecule has 2 N–H and O–H groups in total. The molecule has 2 aromatic rings. The SMILES string of the molecule is Nc1oncc1-c1ccc(C2CCCC2)c(Br)c1. The second kappa shape index (κ2) is 4.76. The van der Waals surface area contributed by atoms with Gasteiger partial charge in [-0.05, 0) is 36.0 Å². The maximum absolute atomic E-state index is 5.74. The van der Waals surface area contributed by atoms with Crippen LogP contribution in [0.1, 0.15) is 37.2 Å². The van der Waals surface area contributed by atoms with Gasteiger partial charge in [0.1, 0.15) is 0 Å². The zero-order valence-corrected chi connectivity index (χ0v) is 11.6. The molecule has 4 heteroatoms. The van der Waals surface area contributed by atoms with Gasteiger partial charge in [0.25, 0.3) is 0 Å². The van der Waals surface area contributed by atoms with Crippen LogP contribution in [0, 0.1) is 0 Å². The number of benzene rings is 1. The molecule has 1 aliphatic carbocycles. The zero-order valence-electron chi connectivity index (χ0n) is 10.0. The molecule has 1 aromatic heterocycles. The standard InChI is InChI=1S/C14H15BrN2O/c15-13-7-10(12-8-17-18-14(12)16)5-6-11(13)9-3-1-2-4-9/h5-9H,1-4,16H2. The van der Waals surface area contributed by atoms with Gasteiger partial charge in [-0.15, -0.1) is 0 Å². The Bertz CT molecular complexity index is 559. The topological polar surface area (TPSA) is 52.0 Å². The van der Waals surface area contributed by atoms with E-state index in [1.54, 1.807) is 6.20 Å². The lowest BCUT2D eigenvalue weighted by atomic mass is 9.95. The zero-order chi connectivity index (χ0) is 12.5. The van der Waals surface area contributed by atoms with E-state index in [4.69, 9.17) is 10.3 Å². The Kier molecular flexibility index (Phi) is 3.12. The number of rotatable bonds is 2. The van der Waals surface area contributed by atoms with Gasteiger partial charge in [-0.25, -0.2) is 0 Å². The van der Waals surface area contributed by atoms with E-state index in [0.29, 0.717) is 11.8 Å². The average Bonchev–Trinajstić information content (AvgIpc) is 2.99. The largest absolute Gasteiger partial charge is 0.367 e. The maximum atomic E-state index is 5.74. The van der Waals surface area contributed by atoms with Crippen molar-refractivity contribution in [2.75, 3.05) is 5.73 Å². The molecule has 3 rings (SSSR count). The smallest absolute Gasteiger partial charge is 0.229 e. The van der Waals surface area contributed by atoms with E-state index in [1.807, 2.05) is 0 Å². The van der Waals surface area contributed by atoms with Crippen LogP contribution < -0.4 is 5.73 Å². The van der Waals surface area contributed by atoms with E-state index in [0.717, 1.165) is 15.6 Å². The van der Waals surface area contributed by atoms with Gasteiger partial charge in [0.15, 0.2) is 0 Å². The minimum absolute atomic E-state index is 0.371. The van der Waals surface area contributed by atoms with Crippen molar-refractivity contribution in [1.29, 1.82) is 0 Å². The fourth-order valence-electron chi connectivity index (χ4n) is 2.73. The first kappa shape index (κ1) is 11.8. The third-order valence-corrected chi connectivity index (χ3v) is 4.39. The molecule has 94 valence electrons. The third-order valence-electron chi connectivity index (χ3n) is 3.70. The second-order valence-corrected chi connectivity index (χ2v) is 5.68. The molecule has 1 aromatic carbocycles. The van der Waals surface area contributed by atoms with Gasteiger partial charge < -0.3 is 10.3 Å². The number of hydrogen-bond acceptors (Lipinski definition) is 3. The summed E-state index contributed by atoms with van der Waals surface area (Å²) in [6, 6.07) is 6.40. The molecule has 0 bridgehead atoms. The predicted molar refractivity (Wildman–Crippen MR) is 75.3 cm³/mol. The molecular weight excluding hydrogens is 292 g/mol. The Morgan fingerprint density at radius 1 is 1.28 bits per heavy atom. The lowest BCUT2D eigenvalue weighted by Gasteiger charge is -2.12. The van der Waals surface area contributed by atoms with E-state index in [-0.39, 0.29) is 0 Å². The molecular formula is C14H15BrN2O. The Labute approximate surface area is 114 Å². The number of aromatic nitrogens is 1. The summed E-state index contributed by atoms with van der Waals surface area (Å²) in [5.41, 5.74) is 9.05. The average molecular weight is 307 g/mol. The Morgan fingerprint density at radius 3 is 2.67 bits per heavy atom. The number of nitrogen functional groups attached to an aromatic ring is 1. The Hall–Kier alpha value is -1.29. The molecule has 0 atom stereocenters. The number of anilines is 1. The van der Waals surface area contributed by atoms with Crippen molar-refractivity contribution >= 4 is 21.8 Å². The van der Waals surface area contributed by atoms with Gasteiger partial charge in [-0.2, -0.15) is 0 Å². The fourth-order valence-corrected chi connectivity index (χ4v) is 3.43. The number of nitrogens with zero attached hydrogens (tertiary/aromatic N) is 1. The van der Waals surface area contributed by atoms with Gasteiger partial charge in [0.05, 0.1) is 11.8 Å². The molecule has 18 heavy (non-hydrogen) atoms. The minimum Gasteiger partial charge on any atom is -0.367 e. The van der Waals surface area contributed by atoms with Crippen LogP contribution in [0.2, 0.25) is 0 Å². The maximum Gasteiger partial charge on any atom is 0.229 e. The summed E-state index contributed by atoms with van der Waals surface area (Å²) in [6.07, 6.45) is 6.95. The highest BCUT2D eigenvalue weighted by atomic mass is 79.9. The van der Waals surface area contributed by atoms with Crippen LogP contribution in [-0.2, 0) is 0 Å². The van der Waals surface area contributed by atoms with Crippen LogP contribution in [0.15, 0.2) is 33.4 Å². The van der Waals surface area contributed by atoms with Crippen molar-refractivity contribution in [3.8, 4) is 11.1 Å².